The van der Waals surface area contributed by atoms with Gasteiger partial charge in [0, 0.05) is 31.1 Å². The van der Waals surface area contributed by atoms with Crippen molar-refractivity contribution >= 4 is 17.5 Å². The zero-order valence-electron chi connectivity index (χ0n) is 10.8. The molecule has 1 saturated heterocycles. The van der Waals surface area contributed by atoms with E-state index in [4.69, 9.17) is 5.73 Å². The van der Waals surface area contributed by atoms with Crippen molar-refractivity contribution in [3.8, 4) is 0 Å². The van der Waals surface area contributed by atoms with E-state index in [1.54, 1.807) is 0 Å². The van der Waals surface area contributed by atoms with Crippen LogP contribution in [0, 0.1) is 0 Å². The summed E-state index contributed by atoms with van der Waals surface area (Å²) in [5.41, 5.74) is 7.53. The standard InChI is InChI=1S/C14H19N3O2/c15-12-4-2-1-3-10(12)5-7-13(18)16-9-11-6-8-14(19)17-11/h1-4,11H,5-9,15H2,(H,16,18)(H,17,19). The van der Waals surface area contributed by atoms with Gasteiger partial charge in [0.1, 0.15) is 0 Å². The first-order valence-corrected chi connectivity index (χ1v) is 6.54. The van der Waals surface area contributed by atoms with Crippen molar-refractivity contribution in [2.75, 3.05) is 12.3 Å². The molecule has 1 atom stereocenters. The monoisotopic (exact) mass is 261 g/mol. The second-order valence-electron chi connectivity index (χ2n) is 4.81. The molecule has 0 aliphatic carbocycles. The fourth-order valence-electron chi connectivity index (χ4n) is 2.17. The number of nitrogens with one attached hydrogen (secondary N) is 2. The Morgan fingerprint density at radius 3 is 2.89 bits per heavy atom. The smallest absolute Gasteiger partial charge is 0.220 e. The summed E-state index contributed by atoms with van der Waals surface area (Å²) in [6.07, 6.45) is 2.40. The topological polar surface area (TPSA) is 84.2 Å². The molecule has 102 valence electrons. The number of hydrogen-bond donors (Lipinski definition) is 3. The van der Waals surface area contributed by atoms with Crippen LogP contribution in [0.3, 0.4) is 0 Å². The maximum absolute atomic E-state index is 11.7. The van der Waals surface area contributed by atoms with Gasteiger partial charge in [0.2, 0.25) is 11.8 Å². The molecule has 2 rings (SSSR count). The van der Waals surface area contributed by atoms with Crippen LogP contribution < -0.4 is 16.4 Å². The summed E-state index contributed by atoms with van der Waals surface area (Å²) in [5, 5.41) is 5.66. The first-order valence-electron chi connectivity index (χ1n) is 6.54. The van der Waals surface area contributed by atoms with Gasteiger partial charge < -0.3 is 16.4 Å². The van der Waals surface area contributed by atoms with E-state index in [1.807, 2.05) is 24.3 Å². The number of carbonyl (C=O) groups is 2. The van der Waals surface area contributed by atoms with E-state index >= 15 is 0 Å². The van der Waals surface area contributed by atoms with Crippen LogP contribution in [-0.4, -0.2) is 24.4 Å². The maximum atomic E-state index is 11.7. The highest BCUT2D eigenvalue weighted by Gasteiger charge is 2.20. The van der Waals surface area contributed by atoms with Crippen LogP contribution in [0.2, 0.25) is 0 Å². The molecule has 0 spiro atoms. The third-order valence-corrected chi connectivity index (χ3v) is 3.31. The third-order valence-electron chi connectivity index (χ3n) is 3.31. The normalized spacial score (nSPS) is 18.1. The van der Waals surface area contributed by atoms with Gasteiger partial charge in [-0.05, 0) is 24.5 Å². The van der Waals surface area contributed by atoms with Crippen molar-refractivity contribution in [3.63, 3.8) is 0 Å². The number of rotatable bonds is 5. The van der Waals surface area contributed by atoms with Crippen LogP contribution in [0.5, 0.6) is 0 Å². The lowest BCUT2D eigenvalue weighted by Gasteiger charge is -2.11. The van der Waals surface area contributed by atoms with Crippen molar-refractivity contribution in [2.45, 2.75) is 31.7 Å². The van der Waals surface area contributed by atoms with Gasteiger partial charge in [-0.25, -0.2) is 0 Å². The number of carbonyl (C=O) groups excluding carboxylic acids is 2. The number of hydrogen-bond acceptors (Lipinski definition) is 3. The van der Waals surface area contributed by atoms with E-state index in [9.17, 15) is 9.59 Å². The van der Waals surface area contributed by atoms with E-state index in [1.165, 1.54) is 0 Å². The summed E-state index contributed by atoms with van der Waals surface area (Å²) in [4.78, 5) is 22.7. The van der Waals surface area contributed by atoms with Gasteiger partial charge in [0.05, 0.1) is 0 Å². The minimum absolute atomic E-state index is 0.00981. The molecule has 1 unspecified atom stereocenters. The molecular weight excluding hydrogens is 242 g/mol. The minimum atomic E-state index is -0.00981. The molecule has 4 N–H and O–H groups in total. The molecule has 1 aromatic carbocycles. The van der Waals surface area contributed by atoms with Crippen LogP contribution >= 0.6 is 0 Å². The summed E-state index contributed by atoms with van der Waals surface area (Å²) in [5.74, 6) is 0.0562. The summed E-state index contributed by atoms with van der Waals surface area (Å²) in [6.45, 7) is 0.509. The lowest BCUT2D eigenvalue weighted by molar-refractivity contribution is -0.122. The van der Waals surface area contributed by atoms with Crippen molar-refractivity contribution in [3.05, 3.63) is 29.8 Å². The van der Waals surface area contributed by atoms with E-state index in [2.05, 4.69) is 10.6 Å². The average Bonchev–Trinajstić information content (AvgIpc) is 2.81. The number of anilines is 1. The van der Waals surface area contributed by atoms with Gasteiger partial charge in [0.25, 0.3) is 0 Å². The predicted octanol–water partition coefficient (Wildman–Crippen LogP) is 0.596. The minimum Gasteiger partial charge on any atom is -0.399 e. The lowest BCUT2D eigenvalue weighted by Crippen LogP contribution is -2.38. The van der Waals surface area contributed by atoms with Crippen LogP contribution in [0.15, 0.2) is 24.3 Å². The molecule has 1 heterocycles. The average molecular weight is 261 g/mol. The number of nitrogen functional groups attached to an aromatic ring is 1. The van der Waals surface area contributed by atoms with Crippen molar-refractivity contribution in [1.29, 1.82) is 0 Å². The van der Waals surface area contributed by atoms with E-state index in [-0.39, 0.29) is 17.9 Å². The Bertz CT molecular complexity index is 474. The second kappa shape index (κ2) is 6.22. The predicted molar refractivity (Wildman–Crippen MR) is 73.3 cm³/mol. The molecule has 0 aromatic heterocycles. The fraction of sp³-hybridized carbons (Fsp3) is 0.429. The van der Waals surface area contributed by atoms with Crippen molar-refractivity contribution < 1.29 is 9.59 Å². The number of amides is 2. The van der Waals surface area contributed by atoms with E-state index in [0.29, 0.717) is 25.8 Å². The lowest BCUT2D eigenvalue weighted by atomic mass is 10.1. The van der Waals surface area contributed by atoms with Crippen LogP contribution in [0.25, 0.3) is 0 Å². The molecule has 0 bridgehead atoms. The van der Waals surface area contributed by atoms with Crippen molar-refractivity contribution in [2.24, 2.45) is 0 Å². The first-order chi connectivity index (χ1) is 9.15. The Hall–Kier alpha value is -2.04. The molecule has 1 aliphatic rings. The summed E-state index contributed by atoms with van der Waals surface area (Å²) in [7, 11) is 0. The van der Waals surface area contributed by atoms with Gasteiger partial charge >= 0.3 is 0 Å². The second-order valence-corrected chi connectivity index (χ2v) is 4.81. The molecule has 0 saturated carbocycles. The number of aryl methyl sites for hydroxylation is 1. The van der Waals surface area contributed by atoms with Crippen LogP contribution in [0.1, 0.15) is 24.8 Å². The molecule has 5 heteroatoms. The SMILES string of the molecule is Nc1ccccc1CCC(=O)NCC1CCC(=O)N1. The Labute approximate surface area is 112 Å². The van der Waals surface area contributed by atoms with E-state index < -0.39 is 0 Å². The third kappa shape index (κ3) is 3.98. The van der Waals surface area contributed by atoms with Crippen LogP contribution in [-0.2, 0) is 16.0 Å². The maximum Gasteiger partial charge on any atom is 0.220 e. The molecule has 0 radical (unpaired) electrons. The van der Waals surface area contributed by atoms with Gasteiger partial charge in [-0.1, -0.05) is 18.2 Å². The molecule has 2 amide bonds. The van der Waals surface area contributed by atoms with Gasteiger partial charge in [-0.15, -0.1) is 0 Å². The largest absolute Gasteiger partial charge is 0.399 e. The summed E-state index contributed by atoms with van der Waals surface area (Å²) >= 11 is 0. The molecule has 1 aliphatic heterocycles. The Balaban J connectivity index is 1.70. The Morgan fingerprint density at radius 2 is 2.21 bits per heavy atom. The molecule has 5 nitrogen and oxygen atoms in total. The molecular formula is C14H19N3O2. The summed E-state index contributed by atoms with van der Waals surface area (Å²) in [6, 6.07) is 7.64. The quantitative estimate of drug-likeness (QED) is 0.678. The Morgan fingerprint density at radius 1 is 1.42 bits per heavy atom. The van der Waals surface area contributed by atoms with Crippen LogP contribution in [0.4, 0.5) is 5.69 Å². The number of benzene rings is 1. The molecule has 1 fully saturated rings. The fourth-order valence-corrected chi connectivity index (χ4v) is 2.17. The number of nitrogens with two attached hydrogens (primary N) is 1. The van der Waals surface area contributed by atoms with Gasteiger partial charge in [-0.2, -0.15) is 0 Å². The van der Waals surface area contributed by atoms with Crippen molar-refractivity contribution in [1.82, 2.24) is 10.6 Å². The Kier molecular flexibility index (Phi) is 4.39. The van der Waals surface area contributed by atoms with E-state index in [0.717, 1.165) is 17.7 Å². The van der Waals surface area contributed by atoms with Gasteiger partial charge in [-0.3, -0.25) is 9.59 Å². The number of para-hydroxylation sites is 1. The molecule has 1 aromatic rings. The highest BCUT2D eigenvalue weighted by molar-refractivity contribution is 5.79. The highest BCUT2D eigenvalue weighted by atomic mass is 16.2. The highest BCUT2D eigenvalue weighted by Crippen LogP contribution is 2.12. The summed E-state index contributed by atoms with van der Waals surface area (Å²) < 4.78 is 0. The first kappa shape index (κ1) is 13.4. The molecule has 19 heavy (non-hydrogen) atoms. The zero-order chi connectivity index (χ0) is 13.7. The van der Waals surface area contributed by atoms with Gasteiger partial charge in [0.15, 0.2) is 0 Å². The zero-order valence-corrected chi connectivity index (χ0v) is 10.8.